The molecular formula is C25H34N4O4. The van der Waals surface area contributed by atoms with E-state index < -0.39 is 23.9 Å². The van der Waals surface area contributed by atoms with Crippen molar-refractivity contribution in [3.8, 4) is 0 Å². The van der Waals surface area contributed by atoms with Crippen LogP contribution in [0.25, 0.3) is 0 Å². The van der Waals surface area contributed by atoms with Crippen LogP contribution < -0.4 is 5.32 Å². The molecule has 8 heteroatoms. The highest BCUT2D eigenvalue weighted by Crippen LogP contribution is 2.50. The van der Waals surface area contributed by atoms with Crippen molar-refractivity contribution in [2.24, 2.45) is 17.3 Å². The van der Waals surface area contributed by atoms with Crippen LogP contribution in [0, 0.1) is 24.2 Å². The number of fused-ring (bicyclic) bond motifs is 1. The summed E-state index contributed by atoms with van der Waals surface area (Å²) in [7, 11) is 1.48. The normalized spacial score (nSPS) is 27.8. The molecule has 4 atom stereocenters. The summed E-state index contributed by atoms with van der Waals surface area (Å²) in [6, 6.07) is 6.06. The molecule has 178 valence electrons. The number of nitrogens with one attached hydrogen (secondary N) is 1. The van der Waals surface area contributed by atoms with E-state index in [-0.39, 0.29) is 35.5 Å². The Morgan fingerprint density at radius 1 is 1.06 bits per heavy atom. The number of hydrogen-bond donors (Lipinski definition) is 1. The minimum atomic E-state index is -0.977. The third-order valence-corrected chi connectivity index (χ3v) is 6.93. The zero-order valence-corrected chi connectivity index (χ0v) is 20.1. The van der Waals surface area contributed by atoms with Crippen LogP contribution in [-0.4, -0.2) is 77.6 Å². The van der Waals surface area contributed by atoms with Gasteiger partial charge in [0.15, 0.2) is 0 Å². The van der Waals surface area contributed by atoms with E-state index in [9.17, 15) is 19.2 Å². The van der Waals surface area contributed by atoms with Crippen LogP contribution in [0.1, 0.15) is 44.4 Å². The summed E-state index contributed by atoms with van der Waals surface area (Å²) < 4.78 is 0. The van der Waals surface area contributed by atoms with Gasteiger partial charge in [0.25, 0.3) is 0 Å². The summed E-state index contributed by atoms with van der Waals surface area (Å²) in [5.41, 5.74) is 1.48. The lowest BCUT2D eigenvalue weighted by atomic mass is 9.85. The van der Waals surface area contributed by atoms with Gasteiger partial charge >= 0.3 is 0 Å². The second-order valence-electron chi connectivity index (χ2n) is 10.7. The lowest BCUT2D eigenvalue weighted by Crippen LogP contribution is -2.56. The first-order chi connectivity index (χ1) is 15.5. The summed E-state index contributed by atoms with van der Waals surface area (Å²) in [4.78, 5) is 58.6. The molecule has 3 aliphatic rings. The maximum absolute atomic E-state index is 13.8. The molecule has 0 saturated carbocycles. The molecule has 3 saturated heterocycles. The molecule has 3 aliphatic heterocycles. The molecule has 0 aromatic heterocycles. The maximum atomic E-state index is 13.8. The van der Waals surface area contributed by atoms with Crippen molar-refractivity contribution < 1.29 is 19.2 Å². The number of carbonyl (C=O) groups excluding carboxylic acids is 4. The number of rotatable bonds is 3. The molecule has 1 N–H and O–H groups in total. The minimum absolute atomic E-state index is 0.194. The highest BCUT2D eigenvalue weighted by molar-refractivity contribution is 6.09. The van der Waals surface area contributed by atoms with Crippen molar-refractivity contribution in [3.63, 3.8) is 0 Å². The molecule has 1 aromatic carbocycles. The second-order valence-corrected chi connectivity index (χ2v) is 10.7. The fourth-order valence-electron chi connectivity index (χ4n) is 5.47. The number of amides is 4. The van der Waals surface area contributed by atoms with Crippen molar-refractivity contribution in [3.05, 3.63) is 35.4 Å². The lowest BCUT2D eigenvalue weighted by Gasteiger charge is -2.38. The molecule has 8 nitrogen and oxygen atoms in total. The van der Waals surface area contributed by atoms with Crippen LogP contribution in [0.4, 0.5) is 0 Å². The first kappa shape index (κ1) is 23.4. The van der Waals surface area contributed by atoms with Gasteiger partial charge < -0.3 is 15.1 Å². The van der Waals surface area contributed by atoms with Gasteiger partial charge in [0.2, 0.25) is 23.6 Å². The Morgan fingerprint density at radius 3 is 2.30 bits per heavy atom. The Balaban J connectivity index is 1.85. The van der Waals surface area contributed by atoms with Gasteiger partial charge in [0.1, 0.15) is 6.04 Å². The number of likely N-dealkylation sites (tertiary alicyclic amines) is 2. The van der Waals surface area contributed by atoms with Gasteiger partial charge in [-0.1, -0.05) is 50.6 Å². The molecule has 3 heterocycles. The molecule has 1 aromatic rings. The highest BCUT2D eigenvalue weighted by Gasteiger charge is 2.65. The van der Waals surface area contributed by atoms with Gasteiger partial charge in [0.05, 0.1) is 17.9 Å². The third kappa shape index (κ3) is 4.16. The average Bonchev–Trinajstić information content (AvgIpc) is 3.22. The molecule has 0 radical (unpaired) electrons. The number of imide groups is 1. The Hall–Kier alpha value is -2.74. The second kappa shape index (κ2) is 8.56. The molecule has 0 aliphatic carbocycles. The number of hydrogen-bond acceptors (Lipinski definition) is 5. The lowest BCUT2D eigenvalue weighted by molar-refractivity contribution is -0.151. The Labute approximate surface area is 195 Å². The predicted octanol–water partition coefficient (Wildman–Crippen LogP) is 1.35. The van der Waals surface area contributed by atoms with Crippen LogP contribution in [0.15, 0.2) is 24.3 Å². The van der Waals surface area contributed by atoms with E-state index in [4.69, 9.17) is 0 Å². The highest BCUT2D eigenvalue weighted by atomic mass is 16.2. The Kier molecular flexibility index (Phi) is 6.07. The summed E-state index contributed by atoms with van der Waals surface area (Å²) in [6.07, 6.45) is 0.221. The number of aryl methyl sites for hydroxylation is 1. The Morgan fingerprint density at radius 2 is 1.70 bits per heavy atom. The number of piperazine rings is 1. The van der Waals surface area contributed by atoms with Crippen LogP contribution in [-0.2, 0) is 19.2 Å². The van der Waals surface area contributed by atoms with E-state index >= 15 is 0 Å². The SMILES string of the molecule is Cc1cccc(C2C3C(=O)N(C)C(=O)C3C(C(=O)N3CCNCC3)N2C(=O)CC(C)(C)C)c1. The van der Waals surface area contributed by atoms with Gasteiger partial charge in [-0.15, -0.1) is 0 Å². The van der Waals surface area contributed by atoms with Crippen molar-refractivity contribution in [1.82, 2.24) is 20.0 Å². The number of nitrogens with zero attached hydrogens (tertiary/aromatic N) is 3. The van der Waals surface area contributed by atoms with Crippen LogP contribution in [0.5, 0.6) is 0 Å². The molecular weight excluding hydrogens is 420 g/mol. The molecule has 0 spiro atoms. The Bertz CT molecular complexity index is 979. The van der Waals surface area contributed by atoms with E-state index in [0.717, 1.165) is 16.0 Å². The quantitative estimate of drug-likeness (QED) is 0.697. The van der Waals surface area contributed by atoms with Crippen molar-refractivity contribution >= 4 is 23.6 Å². The first-order valence-electron chi connectivity index (χ1n) is 11.7. The van der Waals surface area contributed by atoms with Crippen LogP contribution >= 0.6 is 0 Å². The topological polar surface area (TPSA) is 90.0 Å². The molecule has 4 unspecified atom stereocenters. The van der Waals surface area contributed by atoms with E-state index in [0.29, 0.717) is 26.2 Å². The number of benzene rings is 1. The molecule has 4 rings (SSSR count). The van der Waals surface area contributed by atoms with E-state index in [2.05, 4.69) is 5.32 Å². The van der Waals surface area contributed by atoms with Crippen molar-refractivity contribution in [2.75, 3.05) is 33.2 Å². The molecule has 33 heavy (non-hydrogen) atoms. The van der Waals surface area contributed by atoms with Crippen molar-refractivity contribution in [2.45, 2.75) is 46.2 Å². The zero-order valence-electron chi connectivity index (χ0n) is 20.1. The molecule has 0 bridgehead atoms. The maximum Gasteiger partial charge on any atom is 0.246 e. The zero-order chi connectivity index (χ0) is 24.1. The fourth-order valence-corrected chi connectivity index (χ4v) is 5.47. The van der Waals surface area contributed by atoms with Crippen LogP contribution in [0.3, 0.4) is 0 Å². The minimum Gasteiger partial charge on any atom is -0.338 e. The van der Waals surface area contributed by atoms with Crippen molar-refractivity contribution in [1.29, 1.82) is 0 Å². The summed E-state index contributed by atoms with van der Waals surface area (Å²) in [5.74, 6) is -2.74. The van der Waals surface area contributed by atoms with Gasteiger partial charge in [0, 0.05) is 39.6 Å². The van der Waals surface area contributed by atoms with E-state index in [1.165, 1.54) is 7.05 Å². The third-order valence-electron chi connectivity index (χ3n) is 6.93. The van der Waals surface area contributed by atoms with Gasteiger partial charge in [-0.3, -0.25) is 24.1 Å². The van der Waals surface area contributed by atoms with Gasteiger partial charge in [-0.2, -0.15) is 0 Å². The summed E-state index contributed by atoms with van der Waals surface area (Å²) >= 11 is 0. The van der Waals surface area contributed by atoms with Gasteiger partial charge in [-0.05, 0) is 17.9 Å². The van der Waals surface area contributed by atoms with Gasteiger partial charge in [-0.25, -0.2) is 0 Å². The number of carbonyl (C=O) groups is 4. The van der Waals surface area contributed by atoms with E-state index in [1.807, 2.05) is 52.0 Å². The molecule has 3 fully saturated rings. The summed E-state index contributed by atoms with van der Waals surface area (Å²) in [5, 5.41) is 3.23. The largest absolute Gasteiger partial charge is 0.338 e. The smallest absolute Gasteiger partial charge is 0.246 e. The van der Waals surface area contributed by atoms with E-state index in [1.54, 1.807) is 9.80 Å². The standard InChI is InChI=1S/C25H34N4O4/c1-15-7-6-8-16(13-15)20-18-19(23(32)27(5)22(18)31)21(24(33)28-11-9-26-10-12-28)29(20)17(30)14-25(2,3)4/h6-8,13,18-21,26H,9-12,14H2,1-5H3. The first-order valence-corrected chi connectivity index (χ1v) is 11.7. The van der Waals surface area contributed by atoms with Crippen LogP contribution in [0.2, 0.25) is 0 Å². The predicted molar refractivity (Wildman–Crippen MR) is 123 cm³/mol. The summed E-state index contributed by atoms with van der Waals surface area (Å²) in [6.45, 7) is 10.2. The molecule has 4 amide bonds. The fraction of sp³-hybridized carbons (Fsp3) is 0.600. The average molecular weight is 455 g/mol. The monoisotopic (exact) mass is 454 g/mol.